The zero-order valence-electron chi connectivity index (χ0n) is 13.7. The van der Waals surface area contributed by atoms with Gasteiger partial charge in [0.2, 0.25) is 11.8 Å². The van der Waals surface area contributed by atoms with E-state index in [2.05, 4.69) is 12.2 Å². The third kappa shape index (κ3) is 2.01. The van der Waals surface area contributed by atoms with Crippen LogP contribution in [0.5, 0.6) is 0 Å². The molecule has 1 N–H and O–H groups in total. The monoisotopic (exact) mass is 292 g/mol. The lowest BCUT2D eigenvalue weighted by Crippen LogP contribution is -2.76. The average Bonchev–Trinajstić information content (AvgIpc) is 3.18. The molecule has 0 radical (unpaired) electrons. The van der Waals surface area contributed by atoms with Crippen LogP contribution >= 0.6 is 0 Å². The first-order valence-corrected chi connectivity index (χ1v) is 8.51. The van der Waals surface area contributed by atoms with Gasteiger partial charge in [0.25, 0.3) is 0 Å². The third-order valence-electron chi connectivity index (χ3n) is 6.07. The number of nitrogens with zero attached hydrogens (tertiary/aromatic N) is 1. The molecule has 1 aliphatic heterocycles. The maximum absolute atomic E-state index is 13.3. The van der Waals surface area contributed by atoms with Gasteiger partial charge in [-0.1, -0.05) is 20.8 Å². The highest BCUT2D eigenvalue weighted by molar-refractivity contribution is 6.00. The van der Waals surface area contributed by atoms with Gasteiger partial charge in [0, 0.05) is 5.54 Å². The first-order valence-electron chi connectivity index (χ1n) is 8.51. The highest BCUT2D eigenvalue weighted by atomic mass is 16.2. The summed E-state index contributed by atoms with van der Waals surface area (Å²) >= 11 is 0. The van der Waals surface area contributed by atoms with Crippen LogP contribution in [-0.2, 0) is 9.59 Å². The molecule has 4 heteroatoms. The zero-order chi connectivity index (χ0) is 15.4. The molecule has 1 saturated heterocycles. The molecule has 4 nitrogen and oxygen atoms in total. The van der Waals surface area contributed by atoms with Crippen molar-refractivity contribution in [3.63, 3.8) is 0 Å². The Balaban J connectivity index is 2.01. The Bertz CT molecular complexity index is 460. The van der Waals surface area contributed by atoms with Gasteiger partial charge in [-0.05, 0) is 57.3 Å². The Hall–Kier alpha value is -1.06. The van der Waals surface area contributed by atoms with E-state index in [1.54, 1.807) is 0 Å². The molecule has 2 atom stereocenters. The van der Waals surface area contributed by atoms with E-state index in [1.807, 2.05) is 25.7 Å². The van der Waals surface area contributed by atoms with Gasteiger partial charge in [0.05, 0.1) is 0 Å². The molecule has 3 fully saturated rings. The first kappa shape index (κ1) is 14.9. The third-order valence-corrected chi connectivity index (χ3v) is 6.07. The minimum atomic E-state index is -0.666. The van der Waals surface area contributed by atoms with E-state index in [9.17, 15) is 9.59 Å². The Labute approximate surface area is 127 Å². The molecule has 2 saturated carbocycles. The van der Waals surface area contributed by atoms with Crippen molar-refractivity contribution in [1.29, 1.82) is 0 Å². The summed E-state index contributed by atoms with van der Waals surface area (Å²) in [4.78, 5) is 28.0. The zero-order valence-corrected chi connectivity index (χ0v) is 13.7. The van der Waals surface area contributed by atoms with Crippen molar-refractivity contribution in [2.75, 3.05) is 0 Å². The second kappa shape index (κ2) is 4.72. The normalized spacial score (nSPS) is 35.7. The first-order chi connectivity index (χ1) is 9.85. The van der Waals surface area contributed by atoms with Crippen molar-refractivity contribution in [2.45, 2.75) is 83.3 Å². The molecule has 3 rings (SSSR count). The predicted molar refractivity (Wildman–Crippen MR) is 81.6 cm³/mol. The van der Waals surface area contributed by atoms with Crippen LogP contribution in [0.15, 0.2) is 0 Å². The molecule has 0 aromatic carbocycles. The second-order valence-electron chi connectivity index (χ2n) is 7.76. The van der Waals surface area contributed by atoms with E-state index < -0.39 is 5.54 Å². The fourth-order valence-electron chi connectivity index (χ4n) is 4.28. The van der Waals surface area contributed by atoms with Crippen molar-refractivity contribution in [3.05, 3.63) is 0 Å². The van der Waals surface area contributed by atoms with Crippen molar-refractivity contribution >= 4 is 11.8 Å². The van der Waals surface area contributed by atoms with Crippen LogP contribution in [-0.4, -0.2) is 33.8 Å². The van der Waals surface area contributed by atoms with Crippen molar-refractivity contribution in [2.24, 2.45) is 11.8 Å². The molecule has 0 aromatic rings. The van der Waals surface area contributed by atoms with Crippen molar-refractivity contribution in [1.82, 2.24) is 10.2 Å². The minimum Gasteiger partial charge on any atom is -0.340 e. The van der Waals surface area contributed by atoms with E-state index >= 15 is 0 Å². The van der Waals surface area contributed by atoms with Crippen LogP contribution in [0.4, 0.5) is 0 Å². The van der Waals surface area contributed by atoms with E-state index in [0.717, 1.165) is 32.1 Å². The molecule has 118 valence electrons. The quantitative estimate of drug-likeness (QED) is 0.865. The maximum atomic E-state index is 13.3. The molecule has 0 aromatic heterocycles. The van der Waals surface area contributed by atoms with E-state index in [4.69, 9.17) is 0 Å². The Kier molecular flexibility index (Phi) is 3.34. The molecule has 0 bridgehead atoms. The van der Waals surface area contributed by atoms with Gasteiger partial charge in [0.1, 0.15) is 11.6 Å². The van der Waals surface area contributed by atoms with Gasteiger partial charge >= 0.3 is 0 Å². The number of rotatable bonds is 4. The Morgan fingerprint density at radius 1 is 1.29 bits per heavy atom. The van der Waals surface area contributed by atoms with Gasteiger partial charge in [-0.3, -0.25) is 9.59 Å². The Morgan fingerprint density at radius 2 is 1.90 bits per heavy atom. The molecular formula is C17H28N2O2. The summed E-state index contributed by atoms with van der Waals surface area (Å²) in [5, 5.41) is 3.08. The summed E-state index contributed by atoms with van der Waals surface area (Å²) in [7, 11) is 0. The van der Waals surface area contributed by atoms with Crippen LogP contribution in [0, 0.1) is 11.8 Å². The highest BCUT2D eigenvalue weighted by Crippen LogP contribution is 2.48. The van der Waals surface area contributed by atoms with Gasteiger partial charge in [0.15, 0.2) is 0 Å². The summed E-state index contributed by atoms with van der Waals surface area (Å²) in [6, 6.07) is -0.301. The van der Waals surface area contributed by atoms with Crippen LogP contribution in [0.2, 0.25) is 0 Å². The molecule has 2 aliphatic carbocycles. The summed E-state index contributed by atoms with van der Waals surface area (Å²) in [6.07, 6.45) is 6.34. The molecule has 0 spiro atoms. The summed E-state index contributed by atoms with van der Waals surface area (Å²) in [5.41, 5.74) is -0.736. The fraction of sp³-hybridized carbons (Fsp3) is 0.882. The lowest BCUT2D eigenvalue weighted by atomic mass is 9.70. The smallest absolute Gasteiger partial charge is 0.249 e. The van der Waals surface area contributed by atoms with Gasteiger partial charge in [-0.2, -0.15) is 0 Å². The minimum absolute atomic E-state index is 0.0544. The molecule has 3 aliphatic rings. The number of carbonyl (C=O) groups excluding carboxylic acids is 2. The number of nitrogens with one attached hydrogen (secondary N) is 1. The fourth-order valence-corrected chi connectivity index (χ4v) is 4.28. The van der Waals surface area contributed by atoms with Gasteiger partial charge in [-0.25, -0.2) is 0 Å². The van der Waals surface area contributed by atoms with Crippen LogP contribution in [0.25, 0.3) is 0 Å². The average molecular weight is 292 g/mol. The molecule has 21 heavy (non-hydrogen) atoms. The molecular weight excluding hydrogens is 264 g/mol. The maximum Gasteiger partial charge on any atom is 0.249 e. The van der Waals surface area contributed by atoms with Crippen molar-refractivity contribution < 1.29 is 9.59 Å². The topological polar surface area (TPSA) is 49.4 Å². The molecule has 1 heterocycles. The van der Waals surface area contributed by atoms with Crippen LogP contribution in [0.3, 0.4) is 0 Å². The van der Waals surface area contributed by atoms with E-state index in [-0.39, 0.29) is 29.3 Å². The Morgan fingerprint density at radius 3 is 2.29 bits per heavy atom. The van der Waals surface area contributed by atoms with Crippen LogP contribution in [0.1, 0.15) is 66.2 Å². The summed E-state index contributed by atoms with van der Waals surface area (Å²) < 4.78 is 0. The lowest BCUT2D eigenvalue weighted by Gasteiger charge is -2.58. The van der Waals surface area contributed by atoms with Gasteiger partial charge < -0.3 is 10.2 Å². The van der Waals surface area contributed by atoms with Crippen molar-refractivity contribution in [3.8, 4) is 0 Å². The largest absolute Gasteiger partial charge is 0.340 e. The number of hydrogen-bond donors (Lipinski definition) is 1. The summed E-state index contributed by atoms with van der Waals surface area (Å²) in [6.45, 7) is 8.19. The predicted octanol–water partition coefficient (Wildman–Crippen LogP) is 2.47. The number of amides is 2. The number of piperazine rings is 1. The highest BCUT2D eigenvalue weighted by Gasteiger charge is 2.60. The SMILES string of the molecule is CCC1(N2C(=O)C(C)(C3CC3)NC(=O)C2C(C)C)CCC1. The van der Waals surface area contributed by atoms with E-state index in [1.165, 1.54) is 6.42 Å². The standard InChI is InChI=1S/C17H28N2O2/c1-5-17(9-6-10-17)19-13(11(2)3)14(20)18-16(4,15(19)21)12-7-8-12/h11-13H,5-10H2,1-4H3,(H,18,20). The van der Waals surface area contributed by atoms with E-state index in [0.29, 0.717) is 5.92 Å². The number of hydrogen-bond acceptors (Lipinski definition) is 2. The summed E-state index contributed by atoms with van der Waals surface area (Å²) in [5.74, 6) is 0.712. The van der Waals surface area contributed by atoms with Crippen LogP contribution < -0.4 is 5.32 Å². The molecule has 2 amide bonds. The lowest BCUT2D eigenvalue weighted by molar-refractivity contribution is -0.171. The van der Waals surface area contributed by atoms with Gasteiger partial charge in [-0.15, -0.1) is 0 Å². The number of carbonyl (C=O) groups is 2. The molecule has 2 unspecified atom stereocenters. The second-order valence-corrected chi connectivity index (χ2v) is 7.76.